The lowest BCUT2D eigenvalue weighted by Gasteiger charge is -2.11. The predicted octanol–water partition coefficient (Wildman–Crippen LogP) is 0.791. The Morgan fingerprint density at radius 1 is 1.29 bits per heavy atom. The molecule has 6 nitrogen and oxygen atoms in total. The molecule has 1 saturated carbocycles. The van der Waals surface area contributed by atoms with Gasteiger partial charge in [-0.05, 0) is 37.3 Å². The van der Waals surface area contributed by atoms with Gasteiger partial charge in [-0.25, -0.2) is 18.1 Å². The zero-order chi connectivity index (χ0) is 14.7. The SMILES string of the molecule is O=S(=O)(NCC1CCCO1)c1ccc(CNC2CC2)cn1. The molecule has 0 spiro atoms. The van der Waals surface area contributed by atoms with Crippen molar-refractivity contribution in [3.8, 4) is 0 Å². The number of sulfonamides is 1. The summed E-state index contributed by atoms with van der Waals surface area (Å²) in [5.74, 6) is 0. The number of nitrogens with one attached hydrogen (secondary N) is 2. The highest BCUT2D eigenvalue weighted by atomic mass is 32.2. The normalized spacial score (nSPS) is 22.6. The van der Waals surface area contributed by atoms with Gasteiger partial charge in [0.2, 0.25) is 0 Å². The maximum absolute atomic E-state index is 12.1. The predicted molar refractivity (Wildman–Crippen MR) is 78.3 cm³/mol. The van der Waals surface area contributed by atoms with Gasteiger partial charge in [0.05, 0.1) is 6.10 Å². The molecule has 1 aliphatic carbocycles. The summed E-state index contributed by atoms with van der Waals surface area (Å²) in [5, 5.41) is 3.44. The van der Waals surface area contributed by atoms with Crippen LogP contribution < -0.4 is 10.0 Å². The molecular weight excluding hydrogens is 290 g/mol. The minimum atomic E-state index is -3.54. The van der Waals surface area contributed by atoms with Gasteiger partial charge in [0.1, 0.15) is 0 Å². The lowest BCUT2D eigenvalue weighted by molar-refractivity contribution is 0.114. The van der Waals surface area contributed by atoms with Crippen LogP contribution in [0.4, 0.5) is 0 Å². The van der Waals surface area contributed by atoms with Crippen LogP contribution in [-0.2, 0) is 21.3 Å². The first kappa shape index (κ1) is 14.9. The van der Waals surface area contributed by atoms with E-state index < -0.39 is 10.0 Å². The Kier molecular flexibility index (Phi) is 4.54. The Balaban J connectivity index is 1.55. The summed E-state index contributed by atoms with van der Waals surface area (Å²) >= 11 is 0. The molecule has 0 amide bonds. The number of ether oxygens (including phenoxy) is 1. The van der Waals surface area contributed by atoms with Gasteiger partial charge in [-0.15, -0.1) is 0 Å². The summed E-state index contributed by atoms with van der Waals surface area (Å²) in [5.41, 5.74) is 1.000. The molecule has 0 radical (unpaired) electrons. The molecule has 3 rings (SSSR count). The van der Waals surface area contributed by atoms with Crippen LogP contribution in [0.1, 0.15) is 31.2 Å². The highest BCUT2D eigenvalue weighted by Crippen LogP contribution is 2.19. The standard InChI is InChI=1S/C14H21N3O3S/c18-21(19,17-10-13-2-1-7-20-13)14-6-3-11(9-16-14)8-15-12-4-5-12/h3,6,9,12-13,15,17H,1-2,4-5,7-8,10H2. The van der Waals surface area contributed by atoms with Crippen molar-refractivity contribution in [2.45, 2.75) is 49.4 Å². The lowest BCUT2D eigenvalue weighted by Crippen LogP contribution is -2.32. The molecule has 7 heteroatoms. The molecule has 1 saturated heterocycles. The fourth-order valence-electron chi connectivity index (χ4n) is 2.31. The van der Waals surface area contributed by atoms with Gasteiger partial charge in [-0.1, -0.05) is 6.07 Å². The highest BCUT2D eigenvalue weighted by Gasteiger charge is 2.22. The van der Waals surface area contributed by atoms with Crippen LogP contribution in [0.15, 0.2) is 23.4 Å². The molecule has 1 aromatic rings. The maximum Gasteiger partial charge on any atom is 0.258 e. The Morgan fingerprint density at radius 2 is 2.14 bits per heavy atom. The Hall–Kier alpha value is -1.02. The number of aromatic nitrogens is 1. The van der Waals surface area contributed by atoms with Crippen LogP contribution in [-0.4, -0.2) is 38.7 Å². The van der Waals surface area contributed by atoms with Gasteiger partial charge in [-0.3, -0.25) is 0 Å². The number of hydrogen-bond donors (Lipinski definition) is 2. The van der Waals surface area contributed by atoms with E-state index in [1.807, 2.05) is 6.07 Å². The first-order valence-corrected chi connectivity index (χ1v) is 8.91. The summed E-state index contributed by atoms with van der Waals surface area (Å²) in [4.78, 5) is 4.06. The van der Waals surface area contributed by atoms with Crippen LogP contribution in [0, 0.1) is 0 Å². The van der Waals surface area contributed by atoms with Crippen molar-refractivity contribution >= 4 is 10.0 Å². The second-order valence-electron chi connectivity index (χ2n) is 5.65. The quantitative estimate of drug-likeness (QED) is 0.778. The maximum atomic E-state index is 12.1. The van der Waals surface area contributed by atoms with E-state index in [0.29, 0.717) is 19.2 Å². The largest absolute Gasteiger partial charge is 0.377 e. The molecule has 116 valence electrons. The molecule has 2 aliphatic rings. The van der Waals surface area contributed by atoms with Gasteiger partial charge in [0.25, 0.3) is 10.0 Å². The van der Waals surface area contributed by atoms with E-state index in [1.54, 1.807) is 12.3 Å². The molecule has 2 heterocycles. The van der Waals surface area contributed by atoms with E-state index in [0.717, 1.165) is 24.9 Å². The zero-order valence-corrected chi connectivity index (χ0v) is 12.7. The summed E-state index contributed by atoms with van der Waals surface area (Å²) in [7, 11) is -3.54. The third-order valence-electron chi connectivity index (χ3n) is 3.77. The molecule has 1 aromatic heterocycles. The van der Waals surface area contributed by atoms with Gasteiger partial charge in [-0.2, -0.15) is 0 Å². The van der Waals surface area contributed by atoms with Gasteiger partial charge in [0.15, 0.2) is 5.03 Å². The molecule has 0 bridgehead atoms. The van der Waals surface area contributed by atoms with Crippen molar-refractivity contribution in [1.82, 2.24) is 15.0 Å². The zero-order valence-electron chi connectivity index (χ0n) is 11.9. The molecular formula is C14H21N3O3S. The second kappa shape index (κ2) is 6.39. The van der Waals surface area contributed by atoms with Crippen LogP contribution in [0.5, 0.6) is 0 Å². The summed E-state index contributed by atoms with van der Waals surface area (Å²) in [6.07, 6.45) is 5.97. The molecule has 0 aromatic carbocycles. The van der Waals surface area contributed by atoms with Crippen molar-refractivity contribution in [2.75, 3.05) is 13.2 Å². The van der Waals surface area contributed by atoms with Crippen LogP contribution in [0.2, 0.25) is 0 Å². The smallest absolute Gasteiger partial charge is 0.258 e. The Morgan fingerprint density at radius 3 is 2.76 bits per heavy atom. The topological polar surface area (TPSA) is 80.3 Å². The van der Waals surface area contributed by atoms with Crippen molar-refractivity contribution < 1.29 is 13.2 Å². The minimum absolute atomic E-state index is 0.0122. The second-order valence-corrected chi connectivity index (χ2v) is 7.36. The number of pyridine rings is 1. The molecule has 1 aliphatic heterocycles. The molecule has 2 fully saturated rings. The van der Waals surface area contributed by atoms with E-state index in [-0.39, 0.29) is 11.1 Å². The minimum Gasteiger partial charge on any atom is -0.377 e. The van der Waals surface area contributed by atoms with E-state index in [9.17, 15) is 8.42 Å². The Bertz CT molecular complexity index is 564. The number of hydrogen-bond acceptors (Lipinski definition) is 5. The van der Waals surface area contributed by atoms with Crippen molar-refractivity contribution in [2.24, 2.45) is 0 Å². The summed E-state index contributed by atoms with van der Waals surface area (Å²) in [6, 6.07) is 3.99. The van der Waals surface area contributed by atoms with Crippen LogP contribution >= 0.6 is 0 Å². The molecule has 1 unspecified atom stereocenters. The van der Waals surface area contributed by atoms with E-state index in [2.05, 4.69) is 15.0 Å². The third-order valence-corrected chi connectivity index (χ3v) is 5.11. The third kappa shape index (κ3) is 4.23. The van der Waals surface area contributed by atoms with Gasteiger partial charge in [0, 0.05) is 31.9 Å². The van der Waals surface area contributed by atoms with E-state index in [4.69, 9.17) is 4.74 Å². The average Bonchev–Trinajstić information content (AvgIpc) is 3.17. The summed E-state index contributed by atoms with van der Waals surface area (Å²) < 4.78 is 32.2. The first-order valence-electron chi connectivity index (χ1n) is 7.43. The summed E-state index contributed by atoms with van der Waals surface area (Å²) in [6.45, 7) is 1.77. The highest BCUT2D eigenvalue weighted by molar-refractivity contribution is 7.89. The van der Waals surface area contributed by atoms with E-state index in [1.165, 1.54) is 12.8 Å². The van der Waals surface area contributed by atoms with Crippen molar-refractivity contribution in [3.63, 3.8) is 0 Å². The molecule has 1 atom stereocenters. The number of nitrogens with zero attached hydrogens (tertiary/aromatic N) is 1. The average molecular weight is 311 g/mol. The molecule has 2 N–H and O–H groups in total. The van der Waals surface area contributed by atoms with Gasteiger partial charge < -0.3 is 10.1 Å². The van der Waals surface area contributed by atoms with Crippen LogP contribution in [0.25, 0.3) is 0 Å². The molecule has 21 heavy (non-hydrogen) atoms. The van der Waals surface area contributed by atoms with Crippen molar-refractivity contribution in [1.29, 1.82) is 0 Å². The Labute approximate surface area is 125 Å². The van der Waals surface area contributed by atoms with Crippen molar-refractivity contribution in [3.05, 3.63) is 23.9 Å². The van der Waals surface area contributed by atoms with Gasteiger partial charge >= 0.3 is 0 Å². The first-order chi connectivity index (χ1) is 10.1. The fraction of sp³-hybridized carbons (Fsp3) is 0.643. The van der Waals surface area contributed by atoms with E-state index >= 15 is 0 Å². The van der Waals surface area contributed by atoms with Crippen LogP contribution in [0.3, 0.4) is 0 Å². The lowest BCUT2D eigenvalue weighted by atomic mass is 10.2. The number of rotatable bonds is 7. The monoisotopic (exact) mass is 311 g/mol. The fourth-order valence-corrected chi connectivity index (χ4v) is 3.30.